The van der Waals surface area contributed by atoms with Crippen molar-refractivity contribution in [2.24, 2.45) is 11.8 Å². The third-order valence-electron chi connectivity index (χ3n) is 5.92. The van der Waals surface area contributed by atoms with Crippen molar-refractivity contribution in [3.63, 3.8) is 0 Å². The van der Waals surface area contributed by atoms with Crippen LogP contribution in [0, 0.1) is 30.4 Å². The summed E-state index contributed by atoms with van der Waals surface area (Å²) in [5, 5.41) is 23.7. The van der Waals surface area contributed by atoms with E-state index >= 15 is 0 Å². The summed E-state index contributed by atoms with van der Waals surface area (Å²) < 4.78 is 29.2. The highest BCUT2D eigenvalue weighted by Crippen LogP contribution is 2.57. The van der Waals surface area contributed by atoms with Crippen LogP contribution in [0.1, 0.15) is 23.7 Å². The number of halogens is 2. The molecule has 0 amide bonds. The van der Waals surface area contributed by atoms with Crippen LogP contribution in [0.5, 0.6) is 0 Å². The van der Waals surface area contributed by atoms with Gasteiger partial charge in [-0.15, -0.1) is 0 Å². The number of aromatic nitrogens is 3. The summed E-state index contributed by atoms with van der Waals surface area (Å²) in [6, 6.07) is 4.90. The minimum Gasteiger partial charge on any atom is -0.390 e. The van der Waals surface area contributed by atoms with Crippen LogP contribution in [0.15, 0.2) is 30.6 Å². The topological polar surface area (TPSA) is 83.2 Å². The van der Waals surface area contributed by atoms with E-state index < -0.39 is 23.8 Å². The van der Waals surface area contributed by atoms with Gasteiger partial charge >= 0.3 is 0 Å². The molecule has 2 aliphatic rings. The SMILES string of the molecule is Cc1cc(NCc2cc(F)ccc2F)c2ncn([C@H]3[C@H](O)[C@H](O)[C@@H]4C[C@@H]43)c2n1. The Morgan fingerprint density at radius 3 is 2.75 bits per heavy atom. The monoisotopic (exact) mass is 386 g/mol. The number of nitrogens with one attached hydrogen (secondary N) is 1. The summed E-state index contributed by atoms with van der Waals surface area (Å²) in [6.07, 6.45) is 0.956. The molecule has 5 rings (SSSR count). The molecule has 1 aromatic carbocycles. The van der Waals surface area contributed by atoms with Crippen molar-refractivity contribution in [3.8, 4) is 0 Å². The molecular weight excluding hydrogens is 366 g/mol. The highest BCUT2D eigenvalue weighted by atomic mass is 19.1. The summed E-state index contributed by atoms with van der Waals surface area (Å²) in [5.74, 6) is -0.617. The first-order valence-electron chi connectivity index (χ1n) is 9.32. The number of aliphatic hydroxyl groups excluding tert-OH is 2. The van der Waals surface area contributed by atoms with Crippen LogP contribution in [-0.4, -0.2) is 37.0 Å². The number of anilines is 1. The molecule has 28 heavy (non-hydrogen) atoms. The van der Waals surface area contributed by atoms with E-state index in [1.807, 2.05) is 11.5 Å². The Hall–Kier alpha value is -2.58. The Bertz CT molecular complexity index is 1070. The minimum atomic E-state index is -0.846. The van der Waals surface area contributed by atoms with E-state index in [4.69, 9.17) is 0 Å². The van der Waals surface area contributed by atoms with E-state index in [2.05, 4.69) is 15.3 Å². The lowest BCUT2D eigenvalue weighted by molar-refractivity contribution is 0.00386. The van der Waals surface area contributed by atoms with Crippen LogP contribution in [0.3, 0.4) is 0 Å². The van der Waals surface area contributed by atoms with E-state index in [9.17, 15) is 19.0 Å². The molecule has 2 aliphatic carbocycles. The smallest absolute Gasteiger partial charge is 0.162 e. The van der Waals surface area contributed by atoms with E-state index in [0.717, 1.165) is 30.3 Å². The molecule has 0 saturated heterocycles. The van der Waals surface area contributed by atoms with Crippen molar-refractivity contribution in [1.29, 1.82) is 0 Å². The maximum atomic E-state index is 13.9. The lowest BCUT2D eigenvalue weighted by Gasteiger charge is -2.22. The first kappa shape index (κ1) is 17.5. The molecule has 2 fully saturated rings. The number of rotatable bonds is 4. The van der Waals surface area contributed by atoms with Crippen LogP contribution in [-0.2, 0) is 6.54 Å². The van der Waals surface area contributed by atoms with Crippen LogP contribution >= 0.6 is 0 Å². The Kier molecular flexibility index (Phi) is 3.89. The predicted molar refractivity (Wildman–Crippen MR) is 98.6 cm³/mol. The number of nitrogens with zero attached hydrogens (tertiary/aromatic N) is 3. The molecule has 3 N–H and O–H groups in total. The molecular formula is C20H20F2N4O2. The van der Waals surface area contributed by atoms with Gasteiger partial charge < -0.3 is 20.1 Å². The Labute approximate surface area is 159 Å². The molecule has 2 aromatic heterocycles. The minimum absolute atomic E-state index is 0.102. The number of aryl methyl sites for hydroxylation is 1. The normalized spacial score (nSPS) is 28.5. The number of pyridine rings is 1. The highest BCUT2D eigenvalue weighted by Gasteiger charge is 2.60. The fourth-order valence-corrected chi connectivity index (χ4v) is 4.45. The van der Waals surface area contributed by atoms with Gasteiger partial charge in [-0.25, -0.2) is 18.7 Å². The number of hydrogen-bond donors (Lipinski definition) is 3. The second-order valence-corrected chi connectivity index (χ2v) is 7.76. The average molecular weight is 386 g/mol. The molecule has 0 radical (unpaired) electrons. The zero-order chi connectivity index (χ0) is 19.6. The van der Waals surface area contributed by atoms with E-state index in [0.29, 0.717) is 16.9 Å². The van der Waals surface area contributed by atoms with Gasteiger partial charge in [0.25, 0.3) is 0 Å². The zero-order valence-electron chi connectivity index (χ0n) is 15.2. The lowest BCUT2D eigenvalue weighted by Crippen LogP contribution is -2.31. The number of imidazole rings is 1. The van der Waals surface area contributed by atoms with Gasteiger partial charge in [0.2, 0.25) is 0 Å². The van der Waals surface area contributed by atoms with Crippen molar-refractivity contribution in [2.45, 2.75) is 38.1 Å². The lowest BCUT2D eigenvalue weighted by atomic mass is 10.1. The third kappa shape index (κ3) is 2.67. The highest BCUT2D eigenvalue weighted by molar-refractivity contribution is 5.86. The fourth-order valence-electron chi connectivity index (χ4n) is 4.45. The van der Waals surface area contributed by atoms with E-state index in [1.54, 1.807) is 12.4 Å². The van der Waals surface area contributed by atoms with E-state index in [-0.39, 0.29) is 30.0 Å². The van der Waals surface area contributed by atoms with Gasteiger partial charge in [0.05, 0.1) is 24.2 Å². The third-order valence-corrected chi connectivity index (χ3v) is 5.92. The molecule has 0 spiro atoms. The molecule has 2 saturated carbocycles. The predicted octanol–water partition coefficient (Wildman–Crippen LogP) is 2.54. The van der Waals surface area contributed by atoms with E-state index in [1.165, 1.54) is 0 Å². The maximum Gasteiger partial charge on any atom is 0.162 e. The van der Waals surface area contributed by atoms with Gasteiger partial charge in [0.15, 0.2) is 5.65 Å². The quantitative estimate of drug-likeness (QED) is 0.642. The number of benzene rings is 1. The maximum absolute atomic E-state index is 13.9. The number of fused-ring (bicyclic) bond motifs is 2. The second-order valence-electron chi connectivity index (χ2n) is 7.76. The summed E-state index contributed by atoms with van der Waals surface area (Å²) in [5.41, 5.74) is 2.80. The summed E-state index contributed by atoms with van der Waals surface area (Å²) in [4.78, 5) is 9.02. The Morgan fingerprint density at radius 2 is 2.00 bits per heavy atom. The molecule has 3 aromatic rings. The van der Waals surface area contributed by atoms with Crippen LogP contribution in [0.25, 0.3) is 11.2 Å². The average Bonchev–Trinajstić information content (AvgIpc) is 3.27. The summed E-state index contributed by atoms with van der Waals surface area (Å²) >= 11 is 0. The molecule has 5 atom stereocenters. The molecule has 146 valence electrons. The molecule has 2 heterocycles. The van der Waals surface area contributed by atoms with Gasteiger partial charge in [-0.05, 0) is 49.4 Å². The van der Waals surface area contributed by atoms with Crippen molar-refractivity contribution in [1.82, 2.24) is 14.5 Å². The first-order valence-corrected chi connectivity index (χ1v) is 9.32. The number of aliphatic hydroxyl groups is 2. The van der Waals surface area contributed by atoms with Crippen molar-refractivity contribution in [2.75, 3.05) is 5.32 Å². The van der Waals surface area contributed by atoms with Crippen LogP contribution in [0.2, 0.25) is 0 Å². The standard InChI is InChI=1S/C20H20F2N4O2/c1-9-4-15(23-7-10-5-11(21)2-3-14(10)22)16-20(25-9)26(8-24-16)17-12-6-13(12)18(27)19(17)28/h2-5,8,12-13,17-19,27-28H,6-7H2,1H3,(H,23,25)/t12-,13+,17+,18+,19-/m0/s1. The van der Waals surface area contributed by atoms with Gasteiger partial charge in [0, 0.05) is 17.8 Å². The number of hydrogen-bond acceptors (Lipinski definition) is 5. The molecule has 0 bridgehead atoms. The summed E-state index contributed by atoms with van der Waals surface area (Å²) in [6.45, 7) is 1.94. The summed E-state index contributed by atoms with van der Waals surface area (Å²) in [7, 11) is 0. The Morgan fingerprint density at radius 1 is 1.18 bits per heavy atom. The van der Waals surface area contributed by atoms with Gasteiger partial charge in [-0.1, -0.05) is 0 Å². The second kappa shape index (κ2) is 6.22. The largest absolute Gasteiger partial charge is 0.390 e. The fraction of sp³-hybridized carbons (Fsp3) is 0.400. The van der Waals surface area contributed by atoms with Crippen LogP contribution < -0.4 is 5.32 Å². The van der Waals surface area contributed by atoms with Gasteiger partial charge in [0.1, 0.15) is 23.3 Å². The first-order chi connectivity index (χ1) is 13.4. The molecule has 0 unspecified atom stereocenters. The Balaban J connectivity index is 1.49. The molecule has 8 heteroatoms. The van der Waals surface area contributed by atoms with Gasteiger partial charge in [-0.3, -0.25) is 0 Å². The van der Waals surface area contributed by atoms with Gasteiger partial charge in [-0.2, -0.15) is 0 Å². The molecule has 6 nitrogen and oxygen atoms in total. The molecule has 0 aliphatic heterocycles. The van der Waals surface area contributed by atoms with Crippen molar-refractivity contribution >= 4 is 16.9 Å². The van der Waals surface area contributed by atoms with Crippen molar-refractivity contribution < 1.29 is 19.0 Å². The van der Waals surface area contributed by atoms with Crippen LogP contribution in [0.4, 0.5) is 14.5 Å². The van der Waals surface area contributed by atoms with Crippen molar-refractivity contribution in [3.05, 3.63) is 53.5 Å². The zero-order valence-corrected chi connectivity index (χ0v) is 15.2.